The average molecular weight is 1100 g/mol. The molecule has 78 heavy (non-hydrogen) atoms. The van der Waals surface area contributed by atoms with Gasteiger partial charge in [-0.3, -0.25) is 9.59 Å². The second-order valence-electron chi connectivity index (χ2n) is 24.6. The van der Waals surface area contributed by atoms with Crippen LogP contribution in [-0.4, -0.2) is 47.4 Å². The highest BCUT2D eigenvalue weighted by atomic mass is 16.5. The third-order valence-electron chi connectivity index (χ3n) is 16.7. The molecule has 0 bridgehead atoms. The number of hydrogen-bond acceptors (Lipinski definition) is 5. The van der Waals surface area contributed by atoms with Gasteiger partial charge in [-0.1, -0.05) is 334 Å². The summed E-state index contributed by atoms with van der Waals surface area (Å²) in [6.07, 6.45) is 85.0. The minimum absolute atomic E-state index is 0.00132. The van der Waals surface area contributed by atoms with Crippen molar-refractivity contribution in [1.82, 2.24) is 5.32 Å². The Morgan fingerprint density at radius 2 is 0.603 bits per heavy atom. The minimum Gasteiger partial charge on any atom is -0.466 e. The Bertz CT molecular complexity index is 1220. The number of ether oxygens (including phenoxy) is 1. The fraction of sp³-hybridized carbons (Fsp3) is 0.917. The molecule has 1 amide bonds. The molecule has 2 unspecified atom stereocenters. The number of aliphatic hydroxyl groups excluding tert-OH is 2. The van der Waals surface area contributed by atoms with E-state index in [4.69, 9.17) is 4.74 Å². The van der Waals surface area contributed by atoms with Crippen molar-refractivity contribution in [2.75, 3.05) is 13.2 Å². The van der Waals surface area contributed by atoms with Crippen molar-refractivity contribution in [3.63, 3.8) is 0 Å². The molecule has 0 saturated carbocycles. The summed E-state index contributed by atoms with van der Waals surface area (Å²) in [6.45, 7) is 4.97. The monoisotopic (exact) mass is 1100 g/mol. The van der Waals surface area contributed by atoms with Crippen molar-refractivity contribution in [3.8, 4) is 0 Å². The van der Waals surface area contributed by atoms with Gasteiger partial charge in [0.15, 0.2) is 0 Å². The Hall–Kier alpha value is -1.66. The van der Waals surface area contributed by atoms with Gasteiger partial charge in [0.05, 0.1) is 25.4 Å². The zero-order chi connectivity index (χ0) is 56.4. The largest absolute Gasteiger partial charge is 0.466 e. The van der Waals surface area contributed by atoms with E-state index in [0.717, 1.165) is 57.8 Å². The Labute approximate surface area is 488 Å². The Kier molecular flexibility index (Phi) is 66.4. The van der Waals surface area contributed by atoms with E-state index >= 15 is 0 Å². The number of carbonyl (C=O) groups excluding carboxylic acids is 2. The van der Waals surface area contributed by atoms with Crippen LogP contribution in [0, 0.1) is 0 Å². The second-order valence-corrected chi connectivity index (χ2v) is 24.6. The molecule has 0 spiro atoms. The first-order chi connectivity index (χ1) is 38.5. The minimum atomic E-state index is -0.675. The van der Waals surface area contributed by atoms with E-state index in [2.05, 4.69) is 43.5 Å². The number of nitrogens with one attached hydrogen (secondary N) is 1. The van der Waals surface area contributed by atoms with Crippen molar-refractivity contribution in [1.29, 1.82) is 0 Å². The quantitative estimate of drug-likeness (QED) is 0.0320. The first kappa shape index (κ1) is 76.3. The van der Waals surface area contributed by atoms with Gasteiger partial charge in [0.25, 0.3) is 0 Å². The maximum Gasteiger partial charge on any atom is 0.305 e. The lowest BCUT2D eigenvalue weighted by Crippen LogP contribution is -2.45. The summed E-state index contributed by atoms with van der Waals surface area (Å²) in [5.74, 6) is -0.0434. The number of hydrogen-bond donors (Lipinski definition) is 3. The van der Waals surface area contributed by atoms with Crippen LogP contribution in [0.25, 0.3) is 0 Å². The van der Waals surface area contributed by atoms with Crippen LogP contribution >= 0.6 is 0 Å². The highest BCUT2D eigenvalue weighted by Gasteiger charge is 2.20. The lowest BCUT2D eigenvalue weighted by Gasteiger charge is -2.22. The average Bonchev–Trinajstić information content (AvgIpc) is 3.44. The lowest BCUT2D eigenvalue weighted by atomic mass is 10.0. The maximum atomic E-state index is 12.6. The van der Waals surface area contributed by atoms with Gasteiger partial charge in [-0.2, -0.15) is 0 Å². The topological polar surface area (TPSA) is 95.9 Å². The van der Waals surface area contributed by atoms with Gasteiger partial charge in [0.2, 0.25) is 5.91 Å². The molecule has 6 nitrogen and oxygen atoms in total. The van der Waals surface area contributed by atoms with Gasteiger partial charge in [0, 0.05) is 12.8 Å². The van der Waals surface area contributed by atoms with Crippen LogP contribution in [0.4, 0.5) is 0 Å². The van der Waals surface area contributed by atoms with Gasteiger partial charge < -0.3 is 20.3 Å². The summed E-state index contributed by atoms with van der Waals surface area (Å²) in [5.41, 5.74) is 0. The standard InChI is InChI=1S/C72H139NO5/c1-3-5-7-9-11-13-15-17-19-21-23-24-25-26-27-28-29-32-36-40-44-48-52-56-60-64-70(75)69(68-74)73-71(76)65-61-57-53-49-45-41-37-33-30-31-35-39-43-47-51-55-59-63-67-78-72(77)66-62-58-54-50-46-42-38-34-22-20-18-16-14-12-10-8-6-4-2/h20,22,33,37,69-70,74-75H,3-19,21,23-32,34-36,38-68H2,1-2H3,(H,73,76)/b22-20-,37-33-. The number of allylic oxidation sites excluding steroid dienone is 4. The summed E-state index contributed by atoms with van der Waals surface area (Å²) in [7, 11) is 0. The Balaban J connectivity index is 3.43. The van der Waals surface area contributed by atoms with E-state index < -0.39 is 12.1 Å². The molecule has 3 N–H and O–H groups in total. The molecule has 0 saturated heterocycles. The van der Waals surface area contributed by atoms with E-state index in [1.807, 2.05) is 0 Å². The van der Waals surface area contributed by atoms with Gasteiger partial charge in [0.1, 0.15) is 0 Å². The molecule has 462 valence electrons. The second kappa shape index (κ2) is 67.8. The lowest BCUT2D eigenvalue weighted by molar-refractivity contribution is -0.143. The van der Waals surface area contributed by atoms with Crippen LogP contribution in [0.2, 0.25) is 0 Å². The smallest absolute Gasteiger partial charge is 0.305 e. The Morgan fingerprint density at radius 3 is 0.910 bits per heavy atom. The van der Waals surface area contributed by atoms with E-state index in [1.54, 1.807) is 0 Å². The number of aliphatic hydroxyl groups is 2. The van der Waals surface area contributed by atoms with Crippen LogP contribution < -0.4 is 5.32 Å². The fourth-order valence-corrected chi connectivity index (χ4v) is 11.3. The zero-order valence-electron chi connectivity index (χ0n) is 52.9. The SMILES string of the molecule is CCCCCCCCC/C=C\CCCCCCCCCC(=O)OCCCCCCCCCCC/C=C\CCCCCCCC(=O)NC(CO)C(O)CCCCCCCCCCCCCCCCCCCCCCCCCCC. The summed E-state index contributed by atoms with van der Waals surface area (Å²) < 4.78 is 5.50. The van der Waals surface area contributed by atoms with E-state index in [9.17, 15) is 19.8 Å². The zero-order valence-corrected chi connectivity index (χ0v) is 52.9. The van der Waals surface area contributed by atoms with Crippen molar-refractivity contribution >= 4 is 11.9 Å². The van der Waals surface area contributed by atoms with Crippen molar-refractivity contribution in [2.24, 2.45) is 0 Å². The summed E-state index contributed by atoms with van der Waals surface area (Å²) >= 11 is 0. The van der Waals surface area contributed by atoms with Gasteiger partial charge in [-0.05, 0) is 77.0 Å². The van der Waals surface area contributed by atoms with Gasteiger partial charge in [-0.15, -0.1) is 0 Å². The Morgan fingerprint density at radius 1 is 0.346 bits per heavy atom. The molecule has 2 atom stereocenters. The molecular formula is C72H139NO5. The third-order valence-corrected chi connectivity index (χ3v) is 16.7. The van der Waals surface area contributed by atoms with E-state index in [-0.39, 0.29) is 18.5 Å². The molecule has 6 heteroatoms. The molecule has 0 aromatic rings. The predicted octanol–water partition coefficient (Wildman–Crippen LogP) is 22.9. The highest BCUT2D eigenvalue weighted by molar-refractivity contribution is 5.76. The third kappa shape index (κ3) is 63.5. The molecule has 0 aromatic carbocycles. The molecule has 0 aliphatic carbocycles. The molecule has 0 aromatic heterocycles. The first-order valence-electron chi connectivity index (χ1n) is 35.6. The number of esters is 1. The van der Waals surface area contributed by atoms with Crippen LogP contribution in [0.3, 0.4) is 0 Å². The molecule has 0 heterocycles. The van der Waals surface area contributed by atoms with Crippen molar-refractivity contribution in [2.45, 2.75) is 411 Å². The van der Waals surface area contributed by atoms with Crippen LogP contribution in [0.1, 0.15) is 399 Å². The molecule has 0 radical (unpaired) electrons. The highest BCUT2D eigenvalue weighted by Crippen LogP contribution is 2.19. The summed E-state index contributed by atoms with van der Waals surface area (Å²) in [5, 5.41) is 23.4. The van der Waals surface area contributed by atoms with Gasteiger partial charge in [-0.25, -0.2) is 0 Å². The molecule has 0 fully saturated rings. The summed E-state index contributed by atoms with van der Waals surface area (Å²) in [4.78, 5) is 24.7. The first-order valence-corrected chi connectivity index (χ1v) is 35.6. The van der Waals surface area contributed by atoms with E-state index in [0.29, 0.717) is 25.9 Å². The molecule has 0 aliphatic heterocycles. The molecule has 0 rings (SSSR count). The number of carbonyl (C=O) groups is 2. The van der Waals surface area contributed by atoms with Gasteiger partial charge >= 0.3 is 5.97 Å². The van der Waals surface area contributed by atoms with E-state index in [1.165, 1.54) is 308 Å². The number of rotatable bonds is 67. The van der Waals surface area contributed by atoms with Crippen LogP contribution in [-0.2, 0) is 14.3 Å². The van der Waals surface area contributed by atoms with Crippen LogP contribution in [0.5, 0.6) is 0 Å². The predicted molar refractivity (Wildman–Crippen MR) is 343 cm³/mol. The number of amides is 1. The van der Waals surface area contributed by atoms with Crippen molar-refractivity contribution < 1.29 is 24.5 Å². The normalized spacial score (nSPS) is 12.6. The molecule has 0 aliphatic rings. The molecular weight excluding hydrogens is 959 g/mol. The van der Waals surface area contributed by atoms with Crippen molar-refractivity contribution in [3.05, 3.63) is 24.3 Å². The maximum absolute atomic E-state index is 12.6. The fourth-order valence-electron chi connectivity index (χ4n) is 11.3. The summed E-state index contributed by atoms with van der Waals surface area (Å²) in [6, 6.07) is -0.553. The van der Waals surface area contributed by atoms with Crippen LogP contribution in [0.15, 0.2) is 24.3 Å². The number of unbranched alkanes of at least 4 members (excludes halogenated alkanes) is 52.